The van der Waals surface area contributed by atoms with Gasteiger partial charge in [-0.3, -0.25) is 4.79 Å². The van der Waals surface area contributed by atoms with Gasteiger partial charge in [-0.25, -0.2) is 4.79 Å². The molecule has 0 unspecified atom stereocenters. The molecular weight excluding hydrogens is 470 g/mol. The maximum Gasteiger partial charge on any atom is 0.320 e. The molecule has 3 heterocycles. The van der Waals surface area contributed by atoms with E-state index in [1.165, 1.54) is 10.4 Å². The van der Waals surface area contributed by atoms with Crippen molar-refractivity contribution in [3.8, 4) is 10.4 Å². The number of urea groups is 1. The molecule has 5 rings (SSSR count). The molecule has 7 heteroatoms. The van der Waals surface area contributed by atoms with Crippen LogP contribution in [0.25, 0.3) is 10.4 Å². The summed E-state index contributed by atoms with van der Waals surface area (Å²) in [6, 6.07) is 18.2. The van der Waals surface area contributed by atoms with Gasteiger partial charge < -0.3 is 20.3 Å². The average molecular weight is 504 g/mol. The van der Waals surface area contributed by atoms with Crippen LogP contribution in [-0.2, 0) is 17.6 Å². The average Bonchev–Trinajstić information content (AvgIpc) is 3.46. The molecule has 0 radical (unpaired) electrons. The maximum absolute atomic E-state index is 13.0. The summed E-state index contributed by atoms with van der Waals surface area (Å²) in [5.74, 6) is 0.631. The molecule has 3 aromatic rings. The van der Waals surface area contributed by atoms with E-state index in [9.17, 15) is 9.59 Å². The molecule has 2 saturated heterocycles. The number of likely N-dealkylation sites (tertiary alicyclic amines) is 1. The molecule has 2 fully saturated rings. The number of hydrogen-bond donors (Lipinski definition) is 1. The summed E-state index contributed by atoms with van der Waals surface area (Å²) in [5.41, 5.74) is 10.8. The molecule has 0 spiro atoms. The molecule has 2 aliphatic heterocycles. The number of ether oxygens (including phenoxy) is 1. The van der Waals surface area contributed by atoms with Crippen LogP contribution < -0.4 is 5.73 Å². The van der Waals surface area contributed by atoms with Crippen molar-refractivity contribution in [2.24, 2.45) is 5.92 Å². The highest BCUT2D eigenvalue weighted by atomic mass is 32.1. The Morgan fingerprint density at radius 3 is 2.36 bits per heavy atom. The van der Waals surface area contributed by atoms with Gasteiger partial charge in [0.25, 0.3) is 0 Å². The monoisotopic (exact) mass is 503 g/mol. The van der Waals surface area contributed by atoms with E-state index in [-0.39, 0.29) is 11.8 Å². The van der Waals surface area contributed by atoms with Gasteiger partial charge in [-0.15, -0.1) is 11.3 Å². The fraction of sp³-hybridized carbons (Fsp3) is 0.379. The molecule has 1 aromatic heterocycles. The summed E-state index contributed by atoms with van der Waals surface area (Å²) in [6.07, 6.45) is 3.29. The number of thiophene rings is 1. The lowest BCUT2D eigenvalue weighted by atomic mass is 9.89. The van der Waals surface area contributed by atoms with Gasteiger partial charge in [0, 0.05) is 48.7 Å². The Morgan fingerprint density at radius 2 is 1.67 bits per heavy atom. The number of carbonyl (C=O) groups is 2. The zero-order valence-electron chi connectivity index (χ0n) is 20.5. The van der Waals surface area contributed by atoms with Crippen LogP contribution in [-0.4, -0.2) is 61.0 Å². The number of benzene rings is 2. The molecular formula is C29H33N3O3S. The van der Waals surface area contributed by atoms with Gasteiger partial charge in [0.05, 0.1) is 13.2 Å². The fourth-order valence-corrected chi connectivity index (χ4v) is 5.80. The van der Waals surface area contributed by atoms with Gasteiger partial charge >= 0.3 is 6.03 Å². The maximum atomic E-state index is 13.0. The number of nitrogens with zero attached hydrogens (tertiary/aromatic N) is 2. The van der Waals surface area contributed by atoms with Crippen LogP contribution >= 0.6 is 11.3 Å². The van der Waals surface area contributed by atoms with Crippen molar-refractivity contribution in [2.75, 3.05) is 45.1 Å². The quantitative estimate of drug-likeness (QED) is 0.374. The van der Waals surface area contributed by atoms with Gasteiger partial charge in [0.2, 0.25) is 0 Å². The van der Waals surface area contributed by atoms with E-state index in [0.29, 0.717) is 49.9 Å². The van der Waals surface area contributed by atoms with Crippen LogP contribution in [0.15, 0.2) is 60.0 Å². The molecule has 6 nitrogen and oxygen atoms in total. The molecule has 36 heavy (non-hydrogen) atoms. The van der Waals surface area contributed by atoms with Gasteiger partial charge in [0.15, 0.2) is 5.78 Å². The molecule has 0 atom stereocenters. The summed E-state index contributed by atoms with van der Waals surface area (Å²) in [6.45, 7) is 4.27. The zero-order valence-corrected chi connectivity index (χ0v) is 21.3. The Balaban J connectivity index is 1.14. The number of rotatable bonds is 6. The third-order valence-electron chi connectivity index (χ3n) is 7.27. The lowest BCUT2D eigenvalue weighted by Gasteiger charge is -2.37. The Morgan fingerprint density at radius 1 is 0.944 bits per heavy atom. The van der Waals surface area contributed by atoms with E-state index < -0.39 is 0 Å². The van der Waals surface area contributed by atoms with E-state index >= 15 is 0 Å². The second-order valence-corrected chi connectivity index (χ2v) is 10.7. The standard InChI is InChI=1S/C29H33N3O3S/c30-26-8-7-24(28-2-1-17-36-28)19-25(26)20-27(33)23-5-3-21(4-6-23)18-22-9-11-31(12-10-22)29(34)32-13-15-35-16-14-32/h1-8,17,19,22H,9-16,18,20,30H2. The van der Waals surface area contributed by atoms with Crippen molar-refractivity contribution in [1.82, 2.24) is 9.80 Å². The number of nitrogen functional groups attached to an aromatic ring is 1. The van der Waals surface area contributed by atoms with Crippen molar-refractivity contribution >= 4 is 28.8 Å². The first-order valence-corrected chi connectivity index (χ1v) is 13.6. The SMILES string of the molecule is Nc1ccc(-c2cccs2)cc1CC(=O)c1ccc(CC2CCN(C(=O)N3CCOCC3)CC2)cc1. The lowest BCUT2D eigenvalue weighted by molar-refractivity contribution is 0.0400. The minimum Gasteiger partial charge on any atom is -0.398 e. The normalized spacial score (nSPS) is 16.8. The van der Waals surface area contributed by atoms with Crippen LogP contribution in [0, 0.1) is 5.92 Å². The number of Topliss-reactive ketones (excluding diaryl/α,β-unsaturated/α-hetero) is 1. The van der Waals surface area contributed by atoms with Crippen LogP contribution in [0.1, 0.15) is 34.3 Å². The third-order valence-corrected chi connectivity index (χ3v) is 8.19. The Labute approximate surface area is 216 Å². The summed E-state index contributed by atoms with van der Waals surface area (Å²) in [5, 5.41) is 2.05. The summed E-state index contributed by atoms with van der Waals surface area (Å²) < 4.78 is 5.36. The number of nitrogens with two attached hydrogens (primary N) is 1. The van der Waals surface area contributed by atoms with Gasteiger partial charge in [0.1, 0.15) is 0 Å². The van der Waals surface area contributed by atoms with Crippen LogP contribution in [0.4, 0.5) is 10.5 Å². The van der Waals surface area contributed by atoms with E-state index in [2.05, 4.69) is 18.2 Å². The molecule has 188 valence electrons. The minimum absolute atomic E-state index is 0.0755. The number of hydrogen-bond acceptors (Lipinski definition) is 5. The van der Waals surface area contributed by atoms with E-state index in [4.69, 9.17) is 10.5 Å². The van der Waals surface area contributed by atoms with Crippen molar-refractivity contribution < 1.29 is 14.3 Å². The highest BCUT2D eigenvalue weighted by molar-refractivity contribution is 7.13. The van der Waals surface area contributed by atoms with Gasteiger partial charge in [-0.1, -0.05) is 36.4 Å². The van der Waals surface area contributed by atoms with Gasteiger partial charge in [-0.05, 0) is 65.4 Å². The molecule has 0 bridgehead atoms. The Hall–Kier alpha value is -3.16. The summed E-state index contributed by atoms with van der Waals surface area (Å²) in [4.78, 5) is 30.8. The number of anilines is 1. The van der Waals surface area contributed by atoms with Crippen molar-refractivity contribution in [3.63, 3.8) is 0 Å². The second kappa shape index (κ2) is 11.3. The molecule has 0 aliphatic carbocycles. The van der Waals surface area contributed by atoms with Crippen LogP contribution in [0.5, 0.6) is 0 Å². The van der Waals surface area contributed by atoms with Crippen molar-refractivity contribution in [3.05, 3.63) is 76.7 Å². The number of morpholine rings is 1. The highest BCUT2D eigenvalue weighted by Crippen LogP contribution is 2.28. The van der Waals surface area contributed by atoms with Crippen LogP contribution in [0.2, 0.25) is 0 Å². The van der Waals surface area contributed by atoms with Crippen molar-refractivity contribution in [1.29, 1.82) is 0 Å². The number of piperidine rings is 1. The highest BCUT2D eigenvalue weighted by Gasteiger charge is 2.27. The largest absolute Gasteiger partial charge is 0.398 e. The van der Waals surface area contributed by atoms with E-state index in [1.807, 2.05) is 51.6 Å². The number of amides is 2. The first kappa shape index (κ1) is 24.5. The van der Waals surface area contributed by atoms with E-state index in [0.717, 1.165) is 43.5 Å². The molecule has 0 saturated carbocycles. The number of carbonyl (C=O) groups excluding carboxylic acids is 2. The molecule has 2 aromatic carbocycles. The van der Waals surface area contributed by atoms with Crippen LogP contribution in [0.3, 0.4) is 0 Å². The predicted octanol–water partition coefficient (Wildman–Crippen LogP) is 5.13. The summed E-state index contributed by atoms with van der Waals surface area (Å²) >= 11 is 1.68. The molecule has 2 aliphatic rings. The molecule has 2 amide bonds. The topological polar surface area (TPSA) is 75.9 Å². The first-order chi connectivity index (χ1) is 17.6. The Kier molecular flexibility index (Phi) is 7.68. The number of ketones is 1. The zero-order chi connectivity index (χ0) is 24.9. The summed E-state index contributed by atoms with van der Waals surface area (Å²) in [7, 11) is 0. The second-order valence-electron chi connectivity index (χ2n) is 9.70. The van der Waals surface area contributed by atoms with Gasteiger partial charge in [-0.2, -0.15) is 0 Å². The van der Waals surface area contributed by atoms with Crippen molar-refractivity contribution in [2.45, 2.75) is 25.7 Å². The Bertz CT molecular complexity index is 1180. The minimum atomic E-state index is 0.0755. The molecule has 2 N–H and O–H groups in total. The lowest BCUT2D eigenvalue weighted by Crippen LogP contribution is -2.50. The van der Waals surface area contributed by atoms with E-state index in [1.54, 1.807) is 11.3 Å². The smallest absolute Gasteiger partial charge is 0.320 e. The third kappa shape index (κ3) is 5.79. The fourth-order valence-electron chi connectivity index (χ4n) is 5.07. The predicted molar refractivity (Wildman–Crippen MR) is 144 cm³/mol. The first-order valence-electron chi connectivity index (χ1n) is 12.7.